The summed E-state index contributed by atoms with van der Waals surface area (Å²) in [6.45, 7) is 8.73. The van der Waals surface area contributed by atoms with Crippen LogP contribution in [-0.4, -0.2) is 95.0 Å². The van der Waals surface area contributed by atoms with Crippen molar-refractivity contribution in [1.29, 1.82) is 0 Å². The van der Waals surface area contributed by atoms with Crippen LogP contribution in [0.15, 0.2) is 139 Å². The maximum atomic E-state index is 14.2. The Kier molecular flexibility index (Phi) is 18.5. The fraction of sp³-hybridized carbons (Fsp3) is 0.185. The van der Waals surface area contributed by atoms with Crippen LogP contribution in [0.5, 0.6) is 0 Å². The fourth-order valence-corrected chi connectivity index (χ4v) is 8.52. The molecule has 2 saturated heterocycles. The Balaban J connectivity index is 0.000000166. The van der Waals surface area contributed by atoms with Gasteiger partial charge in [0, 0.05) is 58.7 Å². The zero-order valence-corrected chi connectivity index (χ0v) is 42.4. The molecule has 8 aromatic rings. The first-order chi connectivity index (χ1) is 36.5. The van der Waals surface area contributed by atoms with E-state index < -0.39 is 11.6 Å². The lowest BCUT2D eigenvalue weighted by molar-refractivity contribution is 0.111. The maximum absolute atomic E-state index is 14.2. The van der Waals surface area contributed by atoms with E-state index in [0.717, 1.165) is 84.9 Å². The van der Waals surface area contributed by atoms with Crippen molar-refractivity contribution in [3.8, 4) is 22.3 Å². The van der Waals surface area contributed by atoms with Crippen LogP contribution < -0.4 is 37.1 Å². The lowest BCUT2D eigenvalue weighted by Crippen LogP contribution is -2.37. The third-order valence-electron chi connectivity index (χ3n) is 11.6. The minimum atomic E-state index is -0.477. The normalized spacial score (nSPS) is 13.2. The lowest BCUT2D eigenvalue weighted by atomic mass is 10.0. The number of carbonyl (C=O) groups excluding carboxylic acids is 1. The van der Waals surface area contributed by atoms with E-state index in [0.29, 0.717) is 64.0 Å². The van der Waals surface area contributed by atoms with Crippen LogP contribution in [0.25, 0.3) is 22.3 Å². The minimum Gasteiger partial charge on any atom is -0.378 e. The summed E-state index contributed by atoms with van der Waals surface area (Å²) in [7, 11) is 0. The summed E-state index contributed by atoms with van der Waals surface area (Å²) >= 11 is 12.7. The molecule has 2 fully saturated rings. The topological polar surface area (TPSA) is 206 Å². The number of hydrogen-bond acceptors (Lipinski definition) is 17. The summed E-state index contributed by atoms with van der Waals surface area (Å²) in [5, 5.41) is 12.2. The van der Waals surface area contributed by atoms with Crippen molar-refractivity contribution < 1.29 is 23.0 Å². The van der Waals surface area contributed by atoms with Crippen LogP contribution in [0.3, 0.4) is 0 Å². The Hall–Kier alpha value is -8.20. The molecule has 10 rings (SSSR count). The molecule has 0 amide bonds. The van der Waals surface area contributed by atoms with Gasteiger partial charge in [0.1, 0.15) is 5.69 Å². The molecule has 0 bridgehead atoms. The number of ether oxygens (including phenoxy) is 2. The van der Waals surface area contributed by atoms with Gasteiger partial charge < -0.3 is 29.9 Å². The highest BCUT2D eigenvalue weighted by Crippen LogP contribution is 2.34. The Morgan fingerprint density at radius 3 is 1.44 bits per heavy atom. The van der Waals surface area contributed by atoms with E-state index >= 15 is 0 Å². The number of nitrogens with one attached hydrogen (secondary N) is 4. The number of nitrogen functional groups attached to an aromatic ring is 1. The third-order valence-corrected chi connectivity index (χ3v) is 12.3. The summed E-state index contributed by atoms with van der Waals surface area (Å²) in [6, 6.07) is 35.2. The number of hydrogen-bond donors (Lipinski definition) is 5. The van der Waals surface area contributed by atoms with E-state index in [1.165, 1.54) is 0 Å². The van der Waals surface area contributed by atoms with Gasteiger partial charge in [-0.1, -0.05) is 71.7 Å². The highest BCUT2D eigenvalue weighted by Gasteiger charge is 2.19. The number of aldehydes is 1. The Labute approximate surface area is 442 Å². The van der Waals surface area contributed by atoms with Crippen molar-refractivity contribution in [2.45, 2.75) is 13.8 Å². The van der Waals surface area contributed by atoms with Crippen molar-refractivity contribution in [1.82, 2.24) is 29.9 Å². The monoisotopic (exact) mass is 1050 g/mol. The summed E-state index contributed by atoms with van der Waals surface area (Å²) < 4.78 is 38.1. The van der Waals surface area contributed by atoms with Crippen LogP contribution >= 0.6 is 23.2 Å². The summed E-state index contributed by atoms with van der Waals surface area (Å²) in [5.41, 5.74) is 16.1. The largest absolute Gasteiger partial charge is 0.378 e. The summed E-state index contributed by atoms with van der Waals surface area (Å²) in [5.74, 6) is 5.14. The molecule has 6 N–H and O–H groups in total. The number of pyridine rings is 2. The predicted octanol–water partition coefficient (Wildman–Crippen LogP) is 10.7. The zero-order chi connectivity index (χ0) is 52.5. The number of nitrogens with zero attached hydrogens (tertiary/aromatic N) is 9. The third kappa shape index (κ3) is 14.5. The van der Waals surface area contributed by atoms with Gasteiger partial charge in [-0.2, -0.15) is 15.1 Å². The zero-order valence-electron chi connectivity index (χ0n) is 40.9. The number of nitrogens with two attached hydrogens (primary N) is 1. The van der Waals surface area contributed by atoms with Gasteiger partial charge in [-0.05, 0) is 96.8 Å². The van der Waals surface area contributed by atoms with Crippen LogP contribution in [0.1, 0.15) is 27.3 Å². The number of hydrazine groups is 1. The van der Waals surface area contributed by atoms with E-state index in [9.17, 15) is 13.6 Å². The number of hydrazone groups is 1. The molecular weight excluding hydrogens is 1000 g/mol. The first-order valence-electron chi connectivity index (χ1n) is 23.6. The average molecular weight is 1050 g/mol. The highest BCUT2D eigenvalue weighted by molar-refractivity contribution is 6.34. The minimum absolute atomic E-state index is 0.202. The molecule has 2 aliphatic heterocycles. The number of aromatic nitrogens is 6. The van der Waals surface area contributed by atoms with Crippen molar-refractivity contribution >= 4 is 82.0 Å². The van der Waals surface area contributed by atoms with Gasteiger partial charge in [-0.3, -0.25) is 20.2 Å². The highest BCUT2D eigenvalue weighted by atomic mass is 35.5. The van der Waals surface area contributed by atoms with Crippen molar-refractivity contribution in [3.63, 3.8) is 0 Å². The molecule has 6 heterocycles. The molecular formula is C54H52Cl2F2N14O3. The number of anilines is 8. The molecule has 0 atom stereocenters. The summed E-state index contributed by atoms with van der Waals surface area (Å²) in [4.78, 5) is 38.5. The summed E-state index contributed by atoms with van der Waals surface area (Å²) in [6.07, 6.45) is 7.87. The molecule has 2 aliphatic rings. The molecule has 4 aromatic carbocycles. The van der Waals surface area contributed by atoms with Crippen molar-refractivity contribution in [2.24, 2.45) is 10.9 Å². The number of morpholine rings is 2. The van der Waals surface area contributed by atoms with Gasteiger partial charge in [-0.25, -0.2) is 30.0 Å². The van der Waals surface area contributed by atoms with Gasteiger partial charge in [-0.15, -0.1) is 0 Å². The first kappa shape index (κ1) is 53.1. The van der Waals surface area contributed by atoms with Gasteiger partial charge >= 0.3 is 0 Å². The quantitative estimate of drug-likeness (QED) is 0.0315. The Morgan fingerprint density at radius 2 is 1.01 bits per heavy atom. The van der Waals surface area contributed by atoms with Gasteiger partial charge in [0.25, 0.3) is 0 Å². The molecule has 0 saturated carbocycles. The van der Waals surface area contributed by atoms with Crippen LogP contribution in [-0.2, 0) is 9.47 Å². The van der Waals surface area contributed by atoms with Gasteiger partial charge in [0.05, 0.1) is 74.5 Å². The van der Waals surface area contributed by atoms with Crippen LogP contribution in [0.4, 0.5) is 55.1 Å². The molecule has 384 valence electrons. The van der Waals surface area contributed by atoms with Crippen LogP contribution in [0.2, 0.25) is 10.0 Å². The molecule has 0 aliphatic carbocycles. The number of rotatable bonds is 13. The number of benzene rings is 4. The first-order valence-corrected chi connectivity index (χ1v) is 24.4. The smallest absolute Gasteiger partial charge is 0.245 e. The van der Waals surface area contributed by atoms with E-state index in [4.69, 9.17) is 38.5 Å². The molecule has 0 spiro atoms. The van der Waals surface area contributed by atoms with E-state index in [1.54, 1.807) is 29.6 Å². The molecule has 75 heavy (non-hydrogen) atoms. The molecule has 21 heteroatoms. The van der Waals surface area contributed by atoms with Crippen LogP contribution in [0, 0.1) is 25.5 Å². The molecule has 4 aromatic heterocycles. The van der Waals surface area contributed by atoms with Gasteiger partial charge in [0.2, 0.25) is 11.9 Å². The molecule has 0 radical (unpaired) electrons. The second-order valence-electron chi connectivity index (χ2n) is 16.8. The Morgan fingerprint density at radius 1 is 0.573 bits per heavy atom. The average Bonchev–Trinajstić information content (AvgIpc) is 3.44. The van der Waals surface area contributed by atoms with E-state index in [1.807, 2.05) is 109 Å². The predicted molar refractivity (Wildman–Crippen MR) is 293 cm³/mol. The SMILES string of the molecule is Cc1cccc(Cl)c1-c1ccc(Nc2ccc(/C=N/Nc3ncc(F)c(N4CCOCC4)n3)nc2)cc1.Cc1cccc(Cl)c1-c1ccc(Nc2ccc(C=O)nc2)cc1.NNc1ncc(F)c(N2CCOCC2)n1. The number of halogens is 4. The van der Waals surface area contributed by atoms with E-state index in [-0.39, 0.29) is 23.5 Å². The second-order valence-corrected chi connectivity index (χ2v) is 17.6. The Bertz CT molecular complexity index is 3140. The van der Waals surface area contributed by atoms with Crippen molar-refractivity contribution in [3.05, 3.63) is 178 Å². The van der Waals surface area contributed by atoms with Gasteiger partial charge in [0.15, 0.2) is 29.6 Å². The molecule has 17 nitrogen and oxygen atoms in total. The number of aryl methyl sites for hydroxylation is 2. The van der Waals surface area contributed by atoms with Crippen molar-refractivity contribution in [2.75, 3.05) is 83.9 Å². The standard InChI is InChI=1S/C27H25ClFN7O.C19H15ClN2O.C8H12FN5O/c1-18-3-2-4-23(28)25(18)19-5-7-20(8-6-19)33-22-10-9-21(30-15-22)16-32-35-27-31-17-24(29)26(34-27)36-11-13-37-14-12-36;1-13-3-2-4-18(20)19(13)14-5-7-15(8-6-14)22-16-9-10-17(12-23)21-11-16;9-6-5-11-8(13-10)12-7(6)14-1-3-15-4-2-14/h2-10,15-17,33H,11-14H2,1H3,(H,31,34,35);2-12,22H,1H3;5H,1-4,10H2,(H,11,12,13)/b32-16+;;. The fourth-order valence-electron chi connectivity index (χ4n) is 7.86. The lowest BCUT2D eigenvalue weighted by Gasteiger charge is -2.27. The van der Waals surface area contributed by atoms with E-state index in [2.05, 4.69) is 69.5 Å². The molecule has 0 unspecified atom stereocenters. The second kappa shape index (κ2) is 26.1. The number of carbonyl (C=O) groups is 1. The maximum Gasteiger partial charge on any atom is 0.245 e.